The number of ether oxygens (including phenoxy) is 1. The summed E-state index contributed by atoms with van der Waals surface area (Å²) in [6.07, 6.45) is 1.69. The number of carbonyl (C=O) groups excluding carboxylic acids is 1. The Morgan fingerprint density at radius 3 is 2.81 bits per heavy atom. The second-order valence-corrected chi connectivity index (χ2v) is 3.79. The molecule has 0 radical (unpaired) electrons. The van der Waals surface area contributed by atoms with Gasteiger partial charge in [0, 0.05) is 11.6 Å². The zero-order chi connectivity index (χ0) is 10.8. The first-order valence-electron chi connectivity index (χ1n) is 4.35. The van der Waals surface area contributed by atoms with E-state index in [-0.39, 0.29) is 18.4 Å². The van der Waals surface area contributed by atoms with Gasteiger partial charge in [-0.3, -0.25) is 4.98 Å². The van der Waals surface area contributed by atoms with Crippen molar-refractivity contribution < 1.29 is 9.53 Å². The molecule has 5 heteroatoms. The number of methoxy groups -OCH3 is 1. The van der Waals surface area contributed by atoms with Crippen LogP contribution >= 0.6 is 28.3 Å². The van der Waals surface area contributed by atoms with E-state index in [1.54, 1.807) is 12.3 Å². The molecule has 0 atom stereocenters. The minimum atomic E-state index is -0.366. The number of rotatable bonds is 1. The molecule has 0 bridgehead atoms. The van der Waals surface area contributed by atoms with E-state index in [0.717, 1.165) is 10.9 Å². The van der Waals surface area contributed by atoms with Gasteiger partial charge in [0.1, 0.15) is 0 Å². The molecule has 0 N–H and O–H groups in total. The maximum atomic E-state index is 11.4. The molecule has 2 rings (SSSR count). The monoisotopic (exact) mass is 301 g/mol. The lowest BCUT2D eigenvalue weighted by Gasteiger charge is -2.04. The lowest BCUT2D eigenvalue weighted by atomic mass is 10.1. The van der Waals surface area contributed by atoms with Crippen molar-refractivity contribution in [1.82, 2.24) is 4.98 Å². The lowest BCUT2D eigenvalue weighted by Crippen LogP contribution is -2.02. The quantitative estimate of drug-likeness (QED) is 0.759. The van der Waals surface area contributed by atoms with Gasteiger partial charge in [0.2, 0.25) is 0 Å². The highest BCUT2D eigenvalue weighted by Crippen LogP contribution is 2.26. The smallest absolute Gasteiger partial charge is 0.339 e. The average Bonchev–Trinajstić information content (AvgIpc) is 2.29. The molecule has 0 saturated carbocycles. The fourth-order valence-electron chi connectivity index (χ4n) is 1.38. The Kier molecular flexibility index (Phi) is 4.26. The molecule has 1 aromatic carbocycles. The van der Waals surface area contributed by atoms with E-state index < -0.39 is 0 Å². The Balaban J connectivity index is 0.00000128. The Hall–Kier alpha value is -1.13. The molecular formula is C11H9BrClNO2. The largest absolute Gasteiger partial charge is 0.465 e. The molecule has 0 unspecified atom stereocenters. The van der Waals surface area contributed by atoms with E-state index in [9.17, 15) is 4.79 Å². The summed E-state index contributed by atoms with van der Waals surface area (Å²) < 4.78 is 5.34. The molecule has 0 amide bonds. The van der Waals surface area contributed by atoms with Gasteiger partial charge in [-0.25, -0.2) is 4.79 Å². The van der Waals surface area contributed by atoms with E-state index in [1.807, 2.05) is 18.2 Å². The lowest BCUT2D eigenvalue weighted by molar-refractivity contribution is 0.0600. The summed E-state index contributed by atoms with van der Waals surface area (Å²) >= 11 is 3.36. The first-order chi connectivity index (χ1) is 7.24. The van der Waals surface area contributed by atoms with Gasteiger partial charge in [0.25, 0.3) is 0 Å². The first kappa shape index (κ1) is 12.9. The highest BCUT2D eigenvalue weighted by Gasteiger charge is 2.12. The minimum Gasteiger partial charge on any atom is -0.465 e. The number of hydrogen-bond donors (Lipinski definition) is 0. The number of nitrogens with zero attached hydrogens (tertiary/aromatic N) is 1. The van der Waals surface area contributed by atoms with Crippen molar-refractivity contribution in [1.29, 1.82) is 0 Å². The van der Waals surface area contributed by atoms with Gasteiger partial charge in [-0.1, -0.05) is 12.1 Å². The fraction of sp³-hybridized carbons (Fsp3) is 0.0909. The summed E-state index contributed by atoms with van der Waals surface area (Å²) in [5.74, 6) is -0.366. The summed E-state index contributed by atoms with van der Waals surface area (Å²) in [6.45, 7) is 0. The molecule has 0 aliphatic heterocycles. The Bertz CT molecular complexity index is 530. The van der Waals surface area contributed by atoms with Gasteiger partial charge in [-0.15, -0.1) is 12.4 Å². The molecule has 0 fully saturated rings. The van der Waals surface area contributed by atoms with Crippen molar-refractivity contribution in [2.24, 2.45) is 0 Å². The summed E-state index contributed by atoms with van der Waals surface area (Å²) in [4.78, 5) is 15.6. The standard InChI is InChI=1S/C11H8BrNO2.ClH/c1-15-11(14)8-5-4-7-3-2-6-13-10(7)9(8)12;/h2-6H,1H3;1H. The number of fused-ring (bicyclic) bond motifs is 1. The maximum Gasteiger partial charge on any atom is 0.339 e. The van der Waals surface area contributed by atoms with Crippen molar-refractivity contribution >= 4 is 45.2 Å². The van der Waals surface area contributed by atoms with Crippen molar-refractivity contribution in [2.75, 3.05) is 7.11 Å². The van der Waals surface area contributed by atoms with Crippen molar-refractivity contribution in [3.63, 3.8) is 0 Å². The molecule has 16 heavy (non-hydrogen) atoms. The SMILES string of the molecule is COC(=O)c1ccc2cccnc2c1Br.Cl. The third kappa shape index (κ3) is 2.18. The van der Waals surface area contributed by atoms with Crippen LogP contribution in [-0.4, -0.2) is 18.1 Å². The number of halogens is 2. The van der Waals surface area contributed by atoms with Crippen molar-refractivity contribution in [3.05, 3.63) is 40.5 Å². The van der Waals surface area contributed by atoms with Crippen LogP contribution < -0.4 is 0 Å². The Labute approximate surface area is 107 Å². The minimum absolute atomic E-state index is 0. The third-order valence-corrected chi connectivity index (χ3v) is 2.92. The fourth-order valence-corrected chi connectivity index (χ4v) is 2.00. The average molecular weight is 303 g/mol. The van der Waals surface area contributed by atoms with Crippen LogP contribution in [0.2, 0.25) is 0 Å². The molecule has 0 saturated heterocycles. The van der Waals surface area contributed by atoms with E-state index >= 15 is 0 Å². The zero-order valence-electron chi connectivity index (χ0n) is 8.44. The molecule has 3 nitrogen and oxygen atoms in total. The summed E-state index contributed by atoms with van der Waals surface area (Å²) in [5.41, 5.74) is 1.25. The van der Waals surface area contributed by atoms with Gasteiger partial charge >= 0.3 is 5.97 Å². The first-order valence-corrected chi connectivity index (χ1v) is 5.15. The molecule has 0 aliphatic rings. The summed E-state index contributed by atoms with van der Waals surface area (Å²) in [7, 11) is 1.36. The van der Waals surface area contributed by atoms with Crippen molar-refractivity contribution in [2.45, 2.75) is 0 Å². The van der Waals surface area contributed by atoms with Gasteiger partial charge in [0.15, 0.2) is 0 Å². The molecular weight excluding hydrogens is 293 g/mol. The van der Waals surface area contributed by atoms with Crippen molar-refractivity contribution in [3.8, 4) is 0 Å². The van der Waals surface area contributed by atoms with Crippen LogP contribution in [-0.2, 0) is 4.74 Å². The second kappa shape index (κ2) is 5.27. The van der Waals surface area contributed by atoms with Crippen LogP contribution in [0.1, 0.15) is 10.4 Å². The Morgan fingerprint density at radius 2 is 2.12 bits per heavy atom. The number of hydrogen-bond acceptors (Lipinski definition) is 3. The number of benzene rings is 1. The van der Waals surface area contributed by atoms with E-state index in [0.29, 0.717) is 10.0 Å². The molecule has 1 aromatic heterocycles. The maximum absolute atomic E-state index is 11.4. The van der Waals surface area contributed by atoms with Crippen LogP contribution in [0.25, 0.3) is 10.9 Å². The summed E-state index contributed by atoms with van der Waals surface area (Å²) in [5, 5.41) is 0.983. The Morgan fingerprint density at radius 1 is 1.38 bits per heavy atom. The number of carbonyl (C=O) groups is 1. The topological polar surface area (TPSA) is 39.2 Å². The number of esters is 1. The van der Waals surface area contributed by atoms with Gasteiger partial charge < -0.3 is 4.74 Å². The molecule has 84 valence electrons. The number of aromatic nitrogens is 1. The van der Waals surface area contributed by atoms with Crippen LogP contribution in [0.4, 0.5) is 0 Å². The van der Waals surface area contributed by atoms with E-state index in [2.05, 4.69) is 25.7 Å². The van der Waals surface area contributed by atoms with Gasteiger partial charge in [-0.2, -0.15) is 0 Å². The van der Waals surface area contributed by atoms with Gasteiger partial charge in [-0.05, 0) is 28.1 Å². The van der Waals surface area contributed by atoms with Crippen LogP contribution in [0.15, 0.2) is 34.9 Å². The number of pyridine rings is 1. The van der Waals surface area contributed by atoms with Gasteiger partial charge in [0.05, 0.1) is 22.7 Å². The molecule has 1 heterocycles. The molecule has 0 spiro atoms. The predicted molar refractivity (Wildman–Crippen MR) is 68.0 cm³/mol. The van der Waals surface area contributed by atoms with Crippen LogP contribution in [0, 0.1) is 0 Å². The zero-order valence-corrected chi connectivity index (χ0v) is 10.8. The highest BCUT2D eigenvalue weighted by molar-refractivity contribution is 9.10. The normalized spacial score (nSPS) is 9.62. The highest BCUT2D eigenvalue weighted by atomic mass is 79.9. The molecule has 0 aliphatic carbocycles. The van der Waals surface area contributed by atoms with E-state index in [1.165, 1.54) is 7.11 Å². The van der Waals surface area contributed by atoms with E-state index in [4.69, 9.17) is 0 Å². The summed E-state index contributed by atoms with van der Waals surface area (Å²) in [6, 6.07) is 7.36. The molecule has 2 aromatic rings. The second-order valence-electron chi connectivity index (χ2n) is 2.99. The predicted octanol–water partition coefficient (Wildman–Crippen LogP) is 3.21. The third-order valence-electron chi connectivity index (χ3n) is 2.12. The van der Waals surface area contributed by atoms with Crippen LogP contribution in [0.5, 0.6) is 0 Å². The van der Waals surface area contributed by atoms with Crippen LogP contribution in [0.3, 0.4) is 0 Å².